The number of hydrogen-bond acceptors (Lipinski definition) is 3. The number of aryl methyl sites for hydroxylation is 2. The van der Waals surface area contributed by atoms with Gasteiger partial charge >= 0.3 is 0 Å². The van der Waals surface area contributed by atoms with E-state index in [2.05, 4.69) is 32.0 Å². The fourth-order valence-corrected chi connectivity index (χ4v) is 3.53. The Labute approximate surface area is 114 Å². The van der Waals surface area contributed by atoms with Crippen molar-refractivity contribution in [3.05, 3.63) is 34.9 Å². The molecule has 2 nitrogen and oxygen atoms in total. The predicted molar refractivity (Wildman–Crippen MR) is 79.1 cm³/mol. The number of thioether (sulfide) groups is 1. The van der Waals surface area contributed by atoms with Gasteiger partial charge in [-0.15, -0.1) is 0 Å². The molecular weight excluding hydrogens is 242 g/mol. The molecule has 2 N–H and O–H groups in total. The SMILES string of the molecule is Cc1ccc(C(N)CSCC2CCCO2)c(C)c1. The summed E-state index contributed by atoms with van der Waals surface area (Å²) in [5, 5.41) is 0. The lowest BCUT2D eigenvalue weighted by molar-refractivity contribution is 0.129. The molecule has 1 aliphatic rings. The first-order valence-corrected chi connectivity index (χ1v) is 7.84. The predicted octanol–water partition coefficient (Wildman–Crippen LogP) is 3.22. The van der Waals surface area contributed by atoms with Gasteiger partial charge in [0, 0.05) is 24.2 Å². The Kier molecular flexibility index (Phi) is 5.10. The topological polar surface area (TPSA) is 35.2 Å². The average molecular weight is 265 g/mol. The second-order valence-electron chi connectivity index (χ2n) is 5.14. The van der Waals surface area contributed by atoms with E-state index in [1.54, 1.807) is 0 Å². The minimum Gasteiger partial charge on any atom is -0.377 e. The van der Waals surface area contributed by atoms with E-state index >= 15 is 0 Å². The second kappa shape index (κ2) is 6.60. The maximum Gasteiger partial charge on any atom is 0.0666 e. The summed E-state index contributed by atoms with van der Waals surface area (Å²) in [5.41, 5.74) is 10.2. The number of nitrogens with two attached hydrogens (primary N) is 1. The summed E-state index contributed by atoms with van der Waals surface area (Å²) in [6.07, 6.45) is 2.89. The molecule has 1 aliphatic heterocycles. The molecule has 100 valence electrons. The van der Waals surface area contributed by atoms with Crippen molar-refractivity contribution in [3.8, 4) is 0 Å². The van der Waals surface area contributed by atoms with Crippen LogP contribution in [0, 0.1) is 13.8 Å². The summed E-state index contributed by atoms with van der Waals surface area (Å²) in [6.45, 7) is 5.20. The summed E-state index contributed by atoms with van der Waals surface area (Å²) in [5.74, 6) is 2.06. The summed E-state index contributed by atoms with van der Waals surface area (Å²) >= 11 is 1.92. The van der Waals surface area contributed by atoms with Crippen LogP contribution in [0.2, 0.25) is 0 Å². The molecule has 2 atom stereocenters. The molecule has 1 saturated heterocycles. The van der Waals surface area contributed by atoms with Crippen LogP contribution in [0.1, 0.15) is 35.6 Å². The molecular formula is C15H23NOS. The Morgan fingerprint density at radius 1 is 1.44 bits per heavy atom. The third-order valence-electron chi connectivity index (χ3n) is 3.45. The van der Waals surface area contributed by atoms with E-state index in [0.29, 0.717) is 6.10 Å². The molecule has 1 fully saturated rings. The lowest BCUT2D eigenvalue weighted by Crippen LogP contribution is -2.16. The maximum atomic E-state index is 6.27. The highest BCUT2D eigenvalue weighted by atomic mass is 32.2. The van der Waals surface area contributed by atoms with Gasteiger partial charge < -0.3 is 10.5 Å². The Balaban J connectivity index is 1.81. The van der Waals surface area contributed by atoms with Crippen molar-refractivity contribution in [2.24, 2.45) is 5.73 Å². The lowest BCUT2D eigenvalue weighted by atomic mass is 10.0. The standard InChI is InChI=1S/C15H23NOS/c1-11-5-6-14(12(2)8-11)15(16)10-18-9-13-4-3-7-17-13/h5-6,8,13,15H,3-4,7,9-10,16H2,1-2H3. The highest BCUT2D eigenvalue weighted by Crippen LogP contribution is 2.23. The molecule has 1 heterocycles. The van der Waals surface area contributed by atoms with Crippen LogP contribution in [-0.2, 0) is 4.74 Å². The van der Waals surface area contributed by atoms with Crippen molar-refractivity contribution in [1.82, 2.24) is 0 Å². The summed E-state index contributed by atoms with van der Waals surface area (Å²) in [7, 11) is 0. The molecule has 0 radical (unpaired) electrons. The lowest BCUT2D eigenvalue weighted by Gasteiger charge is -2.16. The zero-order valence-corrected chi connectivity index (χ0v) is 12.1. The summed E-state index contributed by atoms with van der Waals surface area (Å²) in [4.78, 5) is 0. The van der Waals surface area contributed by atoms with Crippen LogP contribution in [0.4, 0.5) is 0 Å². The number of hydrogen-bond donors (Lipinski definition) is 1. The Bertz CT molecular complexity index is 388. The van der Waals surface area contributed by atoms with E-state index < -0.39 is 0 Å². The summed E-state index contributed by atoms with van der Waals surface area (Å²) < 4.78 is 5.62. The number of benzene rings is 1. The molecule has 2 rings (SSSR count). The van der Waals surface area contributed by atoms with Crippen LogP contribution >= 0.6 is 11.8 Å². The van der Waals surface area contributed by atoms with E-state index in [-0.39, 0.29) is 6.04 Å². The minimum atomic E-state index is 0.136. The molecule has 0 aromatic heterocycles. The van der Waals surface area contributed by atoms with E-state index in [1.165, 1.54) is 29.5 Å². The van der Waals surface area contributed by atoms with E-state index in [9.17, 15) is 0 Å². The van der Waals surface area contributed by atoms with Gasteiger partial charge in [-0.05, 0) is 37.8 Å². The molecule has 3 heteroatoms. The first-order chi connectivity index (χ1) is 8.66. The first-order valence-electron chi connectivity index (χ1n) is 6.69. The van der Waals surface area contributed by atoms with Crippen LogP contribution in [0.3, 0.4) is 0 Å². The van der Waals surface area contributed by atoms with Gasteiger partial charge in [-0.2, -0.15) is 11.8 Å². The zero-order valence-electron chi connectivity index (χ0n) is 11.3. The zero-order chi connectivity index (χ0) is 13.0. The van der Waals surface area contributed by atoms with Crippen molar-refractivity contribution < 1.29 is 4.74 Å². The minimum absolute atomic E-state index is 0.136. The van der Waals surface area contributed by atoms with Crippen LogP contribution in [0.15, 0.2) is 18.2 Å². The molecule has 2 unspecified atom stereocenters. The van der Waals surface area contributed by atoms with Crippen LogP contribution in [0.5, 0.6) is 0 Å². The molecule has 18 heavy (non-hydrogen) atoms. The largest absolute Gasteiger partial charge is 0.377 e. The van der Waals surface area contributed by atoms with Gasteiger partial charge in [0.05, 0.1) is 6.10 Å². The molecule has 0 spiro atoms. The smallest absolute Gasteiger partial charge is 0.0666 e. The highest BCUT2D eigenvalue weighted by Gasteiger charge is 2.16. The third-order valence-corrected chi connectivity index (χ3v) is 4.65. The van der Waals surface area contributed by atoms with Gasteiger partial charge in [-0.3, -0.25) is 0 Å². The fraction of sp³-hybridized carbons (Fsp3) is 0.600. The fourth-order valence-electron chi connectivity index (χ4n) is 2.43. The Morgan fingerprint density at radius 3 is 2.94 bits per heavy atom. The monoisotopic (exact) mass is 265 g/mol. The van der Waals surface area contributed by atoms with Gasteiger partial charge in [0.25, 0.3) is 0 Å². The van der Waals surface area contributed by atoms with Crippen molar-refractivity contribution in [2.45, 2.75) is 38.8 Å². The molecule has 1 aromatic carbocycles. The van der Waals surface area contributed by atoms with Gasteiger partial charge in [0.2, 0.25) is 0 Å². The molecule has 1 aromatic rings. The molecule has 0 aliphatic carbocycles. The maximum absolute atomic E-state index is 6.27. The Hall–Kier alpha value is -0.510. The van der Waals surface area contributed by atoms with Gasteiger partial charge in [0.1, 0.15) is 0 Å². The van der Waals surface area contributed by atoms with E-state index in [0.717, 1.165) is 18.1 Å². The number of ether oxygens (including phenoxy) is 1. The molecule has 0 saturated carbocycles. The first kappa shape index (κ1) is 13.9. The molecule has 0 bridgehead atoms. The highest BCUT2D eigenvalue weighted by molar-refractivity contribution is 7.99. The van der Waals surface area contributed by atoms with Gasteiger partial charge in [-0.25, -0.2) is 0 Å². The second-order valence-corrected chi connectivity index (χ2v) is 6.21. The number of rotatable bonds is 5. The van der Waals surface area contributed by atoms with Crippen molar-refractivity contribution in [2.75, 3.05) is 18.1 Å². The van der Waals surface area contributed by atoms with Crippen LogP contribution in [0.25, 0.3) is 0 Å². The average Bonchev–Trinajstić information content (AvgIpc) is 2.81. The van der Waals surface area contributed by atoms with Gasteiger partial charge in [-0.1, -0.05) is 23.8 Å². The molecule has 0 amide bonds. The third kappa shape index (κ3) is 3.74. The van der Waals surface area contributed by atoms with Crippen LogP contribution < -0.4 is 5.73 Å². The van der Waals surface area contributed by atoms with Crippen LogP contribution in [-0.4, -0.2) is 24.2 Å². The normalized spacial score (nSPS) is 21.2. The quantitative estimate of drug-likeness (QED) is 0.888. The van der Waals surface area contributed by atoms with Crippen molar-refractivity contribution in [1.29, 1.82) is 0 Å². The summed E-state index contributed by atoms with van der Waals surface area (Å²) in [6, 6.07) is 6.66. The van der Waals surface area contributed by atoms with Gasteiger partial charge in [0.15, 0.2) is 0 Å². The van der Waals surface area contributed by atoms with E-state index in [1.807, 2.05) is 11.8 Å². The van der Waals surface area contributed by atoms with Crippen molar-refractivity contribution >= 4 is 11.8 Å². The van der Waals surface area contributed by atoms with Crippen molar-refractivity contribution in [3.63, 3.8) is 0 Å². The Morgan fingerprint density at radius 2 is 2.28 bits per heavy atom. The van der Waals surface area contributed by atoms with E-state index in [4.69, 9.17) is 10.5 Å².